The number of ether oxygens (including phenoxy) is 5. The first-order chi connectivity index (χ1) is 19.5. The summed E-state index contributed by atoms with van der Waals surface area (Å²) >= 11 is 0. The molecule has 5 aliphatic heterocycles. The highest BCUT2D eigenvalue weighted by Gasteiger charge is 2.85. The van der Waals surface area contributed by atoms with Crippen LogP contribution < -0.4 is 0 Å². The number of rotatable bonds is 4. The highest BCUT2D eigenvalue weighted by atomic mass is 16.7. The first kappa shape index (κ1) is 28.7. The third-order valence-electron chi connectivity index (χ3n) is 12.4. The molecule has 2 N–H and O–H groups in total. The smallest absolute Gasteiger partial charge is 0.309 e. The lowest BCUT2D eigenvalue weighted by Crippen LogP contribution is -2.63. The van der Waals surface area contributed by atoms with Gasteiger partial charge in [-0.2, -0.15) is 0 Å². The lowest BCUT2D eigenvalue weighted by Gasteiger charge is -2.45. The number of Topliss-reactive ketones (excluding diaryl/α,β-unsaturated/α-hetero) is 1. The minimum absolute atomic E-state index is 0.0117. The summed E-state index contributed by atoms with van der Waals surface area (Å²) in [5.41, 5.74) is -4.08. The van der Waals surface area contributed by atoms with Crippen LogP contribution in [0, 0.1) is 40.9 Å². The summed E-state index contributed by atoms with van der Waals surface area (Å²) in [5, 5.41) is 24.5. The second-order valence-corrected chi connectivity index (χ2v) is 15.0. The Morgan fingerprint density at radius 2 is 1.83 bits per heavy atom. The summed E-state index contributed by atoms with van der Waals surface area (Å²) in [7, 11) is 0. The van der Waals surface area contributed by atoms with Crippen molar-refractivity contribution in [1.29, 1.82) is 0 Å². The lowest BCUT2D eigenvalue weighted by molar-refractivity contribution is -0.276. The monoisotopic (exact) mass is 590 g/mol. The normalized spacial score (nSPS) is 53.0. The van der Waals surface area contributed by atoms with Crippen LogP contribution in [0.4, 0.5) is 0 Å². The molecule has 0 radical (unpaired) electrons. The van der Waals surface area contributed by atoms with Crippen molar-refractivity contribution < 1.29 is 53.1 Å². The molecule has 0 amide bonds. The molecule has 0 aromatic rings. The van der Waals surface area contributed by atoms with Crippen LogP contribution in [0.5, 0.6) is 0 Å². The highest BCUT2D eigenvalue weighted by molar-refractivity contribution is 5.92. The molecule has 42 heavy (non-hydrogen) atoms. The van der Waals surface area contributed by atoms with Crippen LogP contribution >= 0.6 is 0 Å². The maximum Gasteiger partial charge on any atom is 0.309 e. The van der Waals surface area contributed by atoms with Gasteiger partial charge in [0.1, 0.15) is 30.0 Å². The lowest BCUT2D eigenvalue weighted by atomic mass is 9.67. The van der Waals surface area contributed by atoms with Gasteiger partial charge in [-0.05, 0) is 50.9 Å². The number of aliphatic hydroxyl groups is 2. The molecule has 0 aromatic heterocycles. The van der Waals surface area contributed by atoms with E-state index >= 15 is 0 Å². The maximum atomic E-state index is 14.3. The summed E-state index contributed by atoms with van der Waals surface area (Å²) in [6.07, 6.45) is -1.37. The zero-order valence-electron chi connectivity index (χ0n) is 25.1. The van der Waals surface area contributed by atoms with Crippen molar-refractivity contribution in [2.75, 3.05) is 0 Å². The van der Waals surface area contributed by atoms with Gasteiger partial charge in [-0.25, -0.2) is 0 Å². The molecule has 2 spiro atoms. The fourth-order valence-electron chi connectivity index (χ4n) is 10.7. The van der Waals surface area contributed by atoms with E-state index in [1.165, 1.54) is 6.92 Å². The van der Waals surface area contributed by atoms with Gasteiger partial charge in [-0.1, -0.05) is 20.8 Å². The van der Waals surface area contributed by atoms with Gasteiger partial charge in [0.05, 0.1) is 23.9 Å². The Labute approximate surface area is 244 Å². The van der Waals surface area contributed by atoms with Gasteiger partial charge in [0.25, 0.3) is 0 Å². The molecule has 0 unspecified atom stereocenters. The van der Waals surface area contributed by atoms with Crippen LogP contribution in [0.15, 0.2) is 0 Å². The Hall–Kier alpha value is -2.08. The second kappa shape index (κ2) is 8.55. The van der Waals surface area contributed by atoms with Gasteiger partial charge in [0, 0.05) is 31.1 Å². The third-order valence-corrected chi connectivity index (χ3v) is 12.4. The molecule has 7 fully saturated rings. The molecule has 11 heteroatoms. The molecule has 2 aliphatic carbocycles. The first-order valence-electron chi connectivity index (χ1n) is 15.4. The van der Waals surface area contributed by atoms with Crippen molar-refractivity contribution in [3.05, 3.63) is 0 Å². The van der Waals surface area contributed by atoms with Crippen molar-refractivity contribution in [1.82, 2.24) is 0 Å². The predicted molar refractivity (Wildman–Crippen MR) is 141 cm³/mol. The standard InChI is InChI=1S/C31H42O11/c1-13-11-17(39-25(13)35)22(38-15(3)32)14(2)21-23-28(21,6)9-10-29-16(24(34)31(23,37)42-29)7-8-18-27(4,5)40-19-12-20(33)41-30(18,19)26(29)36/h13-14,16-19,21-23,26,36-37H,7-12H2,1-6H3/t13-,14+,16+,17+,18+,19-,21-,22+,23+,26+,28+,29+,30-,31+/m1/s1. The maximum absolute atomic E-state index is 14.3. The van der Waals surface area contributed by atoms with Gasteiger partial charge < -0.3 is 33.9 Å². The molecule has 2 bridgehead atoms. The number of esters is 3. The van der Waals surface area contributed by atoms with E-state index in [0.717, 1.165) is 0 Å². The van der Waals surface area contributed by atoms with E-state index < -0.39 is 82.0 Å². The van der Waals surface area contributed by atoms with Crippen molar-refractivity contribution in [2.45, 2.75) is 127 Å². The van der Waals surface area contributed by atoms with Crippen LogP contribution in [0.2, 0.25) is 0 Å². The van der Waals surface area contributed by atoms with Crippen LogP contribution in [0.3, 0.4) is 0 Å². The summed E-state index contributed by atoms with van der Waals surface area (Å²) in [6, 6.07) is 0. The van der Waals surface area contributed by atoms with E-state index in [-0.39, 0.29) is 42.5 Å². The fourth-order valence-corrected chi connectivity index (χ4v) is 10.7. The predicted octanol–water partition coefficient (Wildman–Crippen LogP) is 1.83. The average molecular weight is 591 g/mol. The zero-order chi connectivity index (χ0) is 30.4. The van der Waals surface area contributed by atoms with Gasteiger partial charge in [-0.15, -0.1) is 0 Å². The van der Waals surface area contributed by atoms with Crippen molar-refractivity contribution in [3.8, 4) is 0 Å². The number of carbonyl (C=O) groups is 4. The molecule has 7 rings (SSSR count). The molecular weight excluding hydrogens is 548 g/mol. The van der Waals surface area contributed by atoms with E-state index in [1.54, 1.807) is 6.92 Å². The van der Waals surface area contributed by atoms with Gasteiger partial charge in [0.2, 0.25) is 5.79 Å². The zero-order valence-corrected chi connectivity index (χ0v) is 25.1. The summed E-state index contributed by atoms with van der Waals surface area (Å²) < 4.78 is 30.2. The molecule has 5 saturated heterocycles. The Bertz CT molecular complexity index is 1260. The molecule has 232 valence electrons. The van der Waals surface area contributed by atoms with Crippen molar-refractivity contribution >= 4 is 23.7 Å². The minimum Gasteiger partial charge on any atom is -0.458 e. The SMILES string of the molecule is CC(=O)O[C@@H]([C@@H](C)[C@@H]1[C@H]2[C@@]1(C)CC[C@]13O[C@]2(O)C(=O)[C@@H]1CC[C@H]1C(C)(C)O[C@@H]2CC(=O)O[C@@]21[C@H]3O)[C@@H]1C[C@@H](C)C(=O)O1. The van der Waals surface area contributed by atoms with E-state index in [9.17, 15) is 29.4 Å². The molecule has 0 aromatic carbocycles. The second-order valence-electron chi connectivity index (χ2n) is 15.0. The van der Waals surface area contributed by atoms with Crippen LogP contribution in [0.1, 0.15) is 80.1 Å². The number of cyclic esters (lactones) is 1. The first-order valence-corrected chi connectivity index (χ1v) is 15.4. The van der Waals surface area contributed by atoms with Crippen LogP contribution in [-0.4, -0.2) is 80.9 Å². The number of aliphatic hydroxyl groups excluding tert-OH is 1. The van der Waals surface area contributed by atoms with Gasteiger partial charge in [-0.3, -0.25) is 19.2 Å². The highest BCUT2D eigenvalue weighted by Crippen LogP contribution is 2.76. The number of fused-ring (bicyclic) bond motifs is 3. The van der Waals surface area contributed by atoms with Crippen LogP contribution in [0.25, 0.3) is 0 Å². The topological polar surface area (TPSA) is 155 Å². The number of hydrogen-bond acceptors (Lipinski definition) is 11. The minimum atomic E-state index is -2.17. The Kier molecular flexibility index (Phi) is 5.84. The largest absolute Gasteiger partial charge is 0.458 e. The van der Waals surface area contributed by atoms with E-state index in [1.807, 2.05) is 27.7 Å². The molecular formula is C31H42O11. The Morgan fingerprint density at radius 1 is 1.12 bits per heavy atom. The van der Waals surface area contributed by atoms with E-state index in [4.69, 9.17) is 23.7 Å². The number of hydrogen-bond donors (Lipinski definition) is 2. The van der Waals surface area contributed by atoms with Crippen molar-refractivity contribution in [3.63, 3.8) is 0 Å². The molecule has 14 atom stereocenters. The van der Waals surface area contributed by atoms with Gasteiger partial charge in [0.15, 0.2) is 11.4 Å². The number of carbonyl (C=O) groups excluding carboxylic acids is 4. The Balaban J connectivity index is 1.24. The molecule has 5 heterocycles. The molecule has 2 saturated carbocycles. The van der Waals surface area contributed by atoms with Gasteiger partial charge >= 0.3 is 17.9 Å². The fraction of sp³-hybridized carbons (Fsp3) is 0.871. The summed E-state index contributed by atoms with van der Waals surface area (Å²) in [5.74, 6) is -6.62. The molecule has 11 nitrogen and oxygen atoms in total. The summed E-state index contributed by atoms with van der Waals surface area (Å²) in [4.78, 5) is 51.3. The quantitative estimate of drug-likeness (QED) is 0.364. The van der Waals surface area contributed by atoms with E-state index in [2.05, 4.69) is 0 Å². The molecule has 7 aliphatic rings. The van der Waals surface area contributed by atoms with Crippen molar-refractivity contribution in [2.24, 2.45) is 40.9 Å². The van der Waals surface area contributed by atoms with Crippen LogP contribution in [-0.2, 0) is 42.9 Å². The van der Waals surface area contributed by atoms with E-state index in [0.29, 0.717) is 25.7 Å². The average Bonchev–Trinajstić information content (AvgIpc) is 2.99. The Morgan fingerprint density at radius 3 is 2.48 bits per heavy atom. The third kappa shape index (κ3) is 3.37. The number of ketones is 1. The summed E-state index contributed by atoms with van der Waals surface area (Å²) in [6.45, 7) is 10.8.